The molecule has 5 rings (SSSR count). The maximum atomic E-state index is 5.58. The molecule has 0 aliphatic heterocycles. The Balaban J connectivity index is 1.21. The number of nitrogens with zero attached hydrogens (tertiary/aromatic N) is 2. The summed E-state index contributed by atoms with van der Waals surface area (Å²) in [4.78, 5) is 16.2. The first-order valence-electron chi connectivity index (χ1n) is 11.3. The topological polar surface area (TPSA) is 75.8 Å². The lowest BCUT2D eigenvalue weighted by molar-refractivity contribution is 0.340. The Morgan fingerprint density at radius 1 is 0.676 bits per heavy atom. The molecule has 3 aromatic carbocycles. The molecule has 2 aromatic heterocycles. The largest absolute Gasteiger partial charge is 0.494 e. The lowest BCUT2D eigenvalue weighted by Gasteiger charge is -2.04. The third-order valence-corrected chi connectivity index (χ3v) is 7.12. The lowest BCUT2D eigenvalue weighted by atomic mass is 10.2. The molecule has 0 aliphatic carbocycles. The van der Waals surface area contributed by atoms with Gasteiger partial charge in [0, 0.05) is 23.6 Å². The first kappa shape index (κ1) is 22.7. The van der Waals surface area contributed by atoms with Crippen molar-refractivity contribution in [3.63, 3.8) is 0 Å². The van der Waals surface area contributed by atoms with Gasteiger partial charge in [-0.2, -0.15) is 0 Å². The average Bonchev–Trinajstić information content (AvgIpc) is 3.45. The van der Waals surface area contributed by atoms with Gasteiger partial charge in [-0.3, -0.25) is 0 Å². The van der Waals surface area contributed by atoms with Crippen LogP contribution in [0.3, 0.4) is 0 Å². The number of thioether (sulfide) groups is 2. The molecular weight excluding hydrogens is 464 g/mol. The number of rotatable bonds is 10. The monoisotopic (exact) mass is 490 g/mol. The van der Waals surface area contributed by atoms with E-state index >= 15 is 0 Å². The smallest absolute Gasteiger partial charge is 0.166 e. The molecule has 0 aliphatic rings. The summed E-state index contributed by atoms with van der Waals surface area (Å²) < 4.78 is 11.2. The van der Waals surface area contributed by atoms with Crippen LogP contribution in [-0.2, 0) is 11.5 Å². The fourth-order valence-electron chi connectivity index (χ4n) is 3.69. The van der Waals surface area contributed by atoms with Crippen molar-refractivity contribution in [1.82, 2.24) is 19.9 Å². The molecular formula is C26H26N4O2S2. The molecule has 2 heterocycles. The Bertz CT molecular complexity index is 1310. The number of nitrogens with one attached hydrogen (secondary N) is 2. The van der Waals surface area contributed by atoms with Crippen molar-refractivity contribution in [2.24, 2.45) is 0 Å². The lowest BCUT2D eigenvalue weighted by Crippen LogP contribution is -1.90. The van der Waals surface area contributed by atoms with Gasteiger partial charge in [0.2, 0.25) is 0 Å². The van der Waals surface area contributed by atoms with Gasteiger partial charge in [-0.15, -0.1) is 0 Å². The Labute approximate surface area is 206 Å². The van der Waals surface area contributed by atoms with Crippen LogP contribution in [0.5, 0.6) is 11.5 Å². The van der Waals surface area contributed by atoms with Crippen molar-refractivity contribution >= 4 is 45.6 Å². The second-order valence-corrected chi connectivity index (χ2v) is 9.63. The summed E-state index contributed by atoms with van der Waals surface area (Å²) in [6.45, 7) is 5.28. The first-order valence-corrected chi connectivity index (χ1v) is 13.3. The number of hydrogen-bond acceptors (Lipinski definition) is 6. The molecule has 8 heteroatoms. The van der Waals surface area contributed by atoms with Crippen molar-refractivity contribution in [3.05, 3.63) is 71.8 Å². The van der Waals surface area contributed by atoms with E-state index in [0.29, 0.717) is 13.2 Å². The maximum Gasteiger partial charge on any atom is 0.166 e. The van der Waals surface area contributed by atoms with Crippen LogP contribution >= 0.6 is 23.5 Å². The number of fused-ring (bicyclic) bond motifs is 2. The molecule has 0 radical (unpaired) electrons. The maximum absolute atomic E-state index is 5.58. The van der Waals surface area contributed by atoms with Gasteiger partial charge >= 0.3 is 0 Å². The Hall–Kier alpha value is -3.10. The van der Waals surface area contributed by atoms with E-state index in [1.54, 1.807) is 23.5 Å². The van der Waals surface area contributed by atoms with Crippen LogP contribution in [0.1, 0.15) is 25.0 Å². The van der Waals surface area contributed by atoms with Crippen molar-refractivity contribution in [2.45, 2.75) is 35.7 Å². The van der Waals surface area contributed by atoms with Crippen LogP contribution in [0, 0.1) is 0 Å². The number of aromatic amines is 2. The van der Waals surface area contributed by atoms with Crippen LogP contribution in [0.15, 0.2) is 71.0 Å². The van der Waals surface area contributed by atoms with Crippen LogP contribution in [-0.4, -0.2) is 33.1 Å². The number of benzene rings is 3. The predicted octanol–water partition coefficient (Wildman–Crippen LogP) is 6.82. The van der Waals surface area contributed by atoms with E-state index in [2.05, 4.69) is 34.2 Å². The van der Waals surface area contributed by atoms with Crippen molar-refractivity contribution in [2.75, 3.05) is 13.2 Å². The molecule has 0 atom stereocenters. The summed E-state index contributed by atoms with van der Waals surface area (Å²) in [5.74, 6) is 3.42. The average molecular weight is 491 g/mol. The standard InChI is InChI=1S/C26H26N4O2S2/c1-3-31-19-8-10-21-23(13-19)29-25(27-21)33-15-17-6-5-7-18(12-17)16-34-26-28-22-11-9-20(32-4-2)14-24(22)30-26/h5-14H,3-4,15-16H2,1-2H3,(H,27,29)(H,28,30). The minimum Gasteiger partial charge on any atom is -0.494 e. The summed E-state index contributed by atoms with van der Waals surface area (Å²) in [6.07, 6.45) is 0. The first-order chi connectivity index (χ1) is 16.7. The van der Waals surface area contributed by atoms with Crippen LogP contribution < -0.4 is 9.47 Å². The minimum absolute atomic E-state index is 0.654. The van der Waals surface area contributed by atoms with E-state index in [0.717, 1.165) is 55.4 Å². The summed E-state index contributed by atoms with van der Waals surface area (Å²) in [5, 5.41) is 1.83. The van der Waals surface area contributed by atoms with Crippen LogP contribution in [0.4, 0.5) is 0 Å². The summed E-state index contributed by atoms with van der Waals surface area (Å²) in [6, 6.07) is 20.6. The number of H-pyrrole nitrogens is 2. The molecule has 0 unspecified atom stereocenters. The van der Waals surface area contributed by atoms with Crippen molar-refractivity contribution in [3.8, 4) is 11.5 Å². The number of hydrogen-bond donors (Lipinski definition) is 2. The van der Waals surface area contributed by atoms with E-state index in [1.165, 1.54) is 11.1 Å². The zero-order valence-electron chi connectivity index (χ0n) is 19.1. The highest BCUT2D eigenvalue weighted by Gasteiger charge is 2.08. The minimum atomic E-state index is 0.654. The summed E-state index contributed by atoms with van der Waals surface area (Å²) >= 11 is 3.41. The van der Waals surface area contributed by atoms with Gasteiger partial charge in [0.15, 0.2) is 10.3 Å². The SMILES string of the molecule is CCOc1ccc2nc(SCc3cccc(CSc4nc5ccc(OCC)cc5[nH]4)c3)[nH]c2c1. The molecule has 6 nitrogen and oxygen atoms in total. The summed E-state index contributed by atoms with van der Waals surface area (Å²) in [5.41, 5.74) is 6.44. The van der Waals surface area contributed by atoms with E-state index in [9.17, 15) is 0 Å². The molecule has 0 amide bonds. The Morgan fingerprint density at radius 3 is 1.65 bits per heavy atom. The molecule has 0 spiro atoms. The van der Waals surface area contributed by atoms with Gasteiger partial charge in [0.05, 0.1) is 35.3 Å². The fraction of sp³-hybridized carbons (Fsp3) is 0.231. The second kappa shape index (κ2) is 10.4. The highest BCUT2D eigenvalue weighted by molar-refractivity contribution is 7.98. The van der Waals surface area contributed by atoms with Crippen molar-refractivity contribution in [1.29, 1.82) is 0 Å². The normalized spacial score (nSPS) is 11.4. The van der Waals surface area contributed by atoms with Gasteiger partial charge in [-0.05, 0) is 49.2 Å². The van der Waals surface area contributed by atoms with Crippen LogP contribution in [0.2, 0.25) is 0 Å². The molecule has 0 saturated heterocycles. The van der Waals surface area contributed by atoms with Gasteiger partial charge in [-0.25, -0.2) is 9.97 Å². The van der Waals surface area contributed by atoms with Gasteiger partial charge < -0.3 is 19.4 Å². The summed E-state index contributed by atoms with van der Waals surface area (Å²) in [7, 11) is 0. The quantitative estimate of drug-likeness (QED) is 0.209. The molecule has 0 fully saturated rings. The highest BCUT2D eigenvalue weighted by Crippen LogP contribution is 2.28. The Kier molecular flexibility index (Phi) is 6.97. The second-order valence-electron chi connectivity index (χ2n) is 7.71. The zero-order chi connectivity index (χ0) is 23.3. The molecule has 174 valence electrons. The van der Waals surface area contributed by atoms with Crippen molar-refractivity contribution < 1.29 is 9.47 Å². The molecule has 5 aromatic rings. The fourth-order valence-corrected chi connectivity index (χ4v) is 5.35. The third kappa shape index (κ3) is 5.34. The van der Waals surface area contributed by atoms with Gasteiger partial charge in [0.25, 0.3) is 0 Å². The van der Waals surface area contributed by atoms with Gasteiger partial charge in [0.1, 0.15) is 11.5 Å². The van der Waals surface area contributed by atoms with E-state index in [4.69, 9.17) is 19.4 Å². The van der Waals surface area contributed by atoms with E-state index < -0.39 is 0 Å². The Morgan fingerprint density at radius 2 is 1.18 bits per heavy atom. The number of imidazole rings is 2. The molecule has 0 bridgehead atoms. The predicted molar refractivity (Wildman–Crippen MR) is 140 cm³/mol. The third-order valence-electron chi connectivity index (χ3n) is 5.23. The van der Waals surface area contributed by atoms with E-state index in [1.807, 2.05) is 50.2 Å². The van der Waals surface area contributed by atoms with Crippen LogP contribution in [0.25, 0.3) is 22.1 Å². The van der Waals surface area contributed by atoms with E-state index in [-0.39, 0.29) is 0 Å². The highest BCUT2D eigenvalue weighted by atomic mass is 32.2. The van der Waals surface area contributed by atoms with Gasteiger partial charge in [-0.1, -0.05) is 47.8 Å². The number of ether oxygens (including phenoxy) is 2. The molecule has 34 heavy (non-hydrogen) atoms. The number of aromatic nitrogens is 4. The molecule has 2 N–H and O–H groups in total. The zero-order valence-corrected chi connectivity index (χ0v) is 20.8. The molecule has 0 saturated carbocycles.